The highest BCUT2D eigenvalue weighted by molar-refractivity contribution is 8.60. The third-order valence-electron chi connectivity index (χ3n) is 1.22. The summed E-state index contributed by atoms with van der Waals surface area (Å²) in [4.78, 5) is 18.3. The maximum Gasteiger partial charge on any atom is 0.384 e. The summed E-state index contributed by atoms with van der Waals surface area (Å²) in [6, 6.07) is 9.81. The van der Waals surface area contributed by atoms with Crippen LogP contribution in [0.3, 0.4) is 0 Å². The molecule has 0 spiro atoms. The minimum atomic E-state index is -3.88. The molecule has 0 heterocycles. The fourth-order valence-corrected chi connectivity index (χ4v) is 7.14. The fraction of sp³-hybridized carbons (Fsp3) is 0.143. The first-order chi connectivity index (χ1) is 6.58. The Hall–Kier alpha value is 0.500. The molecule has 1 unspecified atom stereocenters. The van der Waals surface area contributed by atoms with E-state index in [1.165, 1.54) is 0 Å². The number of hydrogen-bond donors (Lipinski definition) is 2. The first-order valence-electron chi connectivity index (χ1n) is 3.73. The largest absolute Gasteiger partial charge is 0.384 e. The molecule has 2 N–H and O–H groups in total. The van der Waals surface area contributed by atoms with E-state index in [-0.39, 0.29) is 0 Å². The third kappa shape index (κ3) is 6.07. The van der Waals surface area contributed by atoms with Gasteiger partial charge in [0.1, 0.15) is 0 Å². The van der Waals surface area contributed by atoms with Crippen LogP contribution in [0.15, 0.2) is 35.2 Å². The lowest BCUT2D eigenvalue weighted by atomic mass is 10.4. The van der Waals surface area contributed by atoms with Crippen molar-refractivity contribution in [1.82, 2.24) is 0 Å². The Labute approximate surface area is 92.5 Å². The summed E-state index contributed by atoms with van der Waals surface area (Å²) in [7, 11) is 0.471. The summed E-state index contributed by atoms with van der Waals surface area (Å²) in [5.74, 6) is 0. The lowest BCUT2D eigenvalue weighted by molar-refractivity contribution is 0.397. The fourth-order valence-electron chi connectivity index (χ4n) is 0.712. The van der Waals surface area contributed by atoms with E-state index >= 15 is 0 Å². The van der Waals surface area contributed by atoms with E-state index in [4.69, 9.17) is 9.79 Å². The van der Waals surface area contributed by atoms with Gasteiger partial charge in [-0.3, -0.25) is 0 Å². The van der Waals surface area contributed by atoms with Crippen molar-refractivity contribution < 1.29 is 14.4 Å². The summed E-state index contributed by atoms with van der Waals surface area (Å²) in [6.45, 7) is -3.88. The van der Waals surface area contributed by atoms with Crippen molar-refractivity contribution in [2.24, 2.45) is 0 Å². The molecule has 0 aliphatic carbocycles. The second-order valence-electron chi connectivity index (χ2n) is 2.32. The molecule has 0 saturated heterocycles. The van der Waals surface area contributed by atoms with Crippen molar-refractivity contribution in [3.63, 3.8) is 0 Å². The first kappa shape index (κ1) is 12.6. The molecule has 0 aliphatic heterocycles. The zero-order valence-electron chi connectivity index (χ0n) is 7.16. The molecule has 0 radical (unpaired) electrons. The van der Waals surface area contributed by atoms with Gasteiger partial charge in [0, 0.05) is 10.4 Å². The Morgan fingerprint density at radius 2 is 1.93 bits per heavy atom. The zero-order valence-corrected chi connectivity index (χ0v) is 10.7. The smallest absolute Gasteiger partial charge is 0.317 e. The van der Waals surface area contributed by atoms with Crippen molar-refractivity contribution in [2.75, 3.05) is 5.49 Å². The van der Waals surface area contributed by atoms with Crippen molar-refractivity contribution in [1.29, 1.82) is 0 Å². The summed E-state index contributed by atoms with van der Waals surface area (Å²) in [5.41, 5.74) is 0.490. The molecule has 0 fully saturated rings. The van der Waals surface area contributed by atoms with Crippen LogP contribution in [0.2, 0.25) is 0 Å². The molecule has 1 aromatic rings. The maximum atomic E-state index is 10.5. The molecule has 1 atom stereocenters. The average Bonchev–Trinajstić information content (AvgIpc) is 2.13. The van der Waals surface area contributed by atoms with Crippen LogP contribution in [0.25, 0.3) is 0 Å². The first-order valence-corrected chi connectivity index (χ1v) is 9.68. The highest BCUT2D eigenvalue weighted by atomic mass is 32.7. The van der Waals surface area contributed by atoms with Crippen molar-refractivity contribution in [3.8, 4) is 0 Å². The standard InChI is InChI=1S/C7H10O3P2S2/c8-12(9,10)13-6-11-14-7-4-2-1-3-5-7/h1-5,11H,6H2,(H2,8,9,10). The van der Waals surface area contributed by atoms with Gasteiger partial charge in [0.2, 0.25) is 0 Å². The van der Waals surface area contributed by atoms with Gasteiger partial charge in [-0.2, -0.15) is 0 Å². The molecular formula is C7H10O3P2S2. The molecule has 1 aromatic carbocycles. The molecule has 0 bridgehead atoms. The molecule has 78 valence electrons. The number of rotatable bonds is 5. The van der Waals surface area contributed by atoms with E-state index in [0.717, 1.165) is 4.90 Å². The highest BCUT2D eigenvalue weighted by Crippen LogP contribution is 2.54. The summed E-state index contributed by atoms with van der Waals surface area (Å²) in [5, 5.41) is 0. The summed E-state index contributed by atoms with van der Waals surface area (Å²) in [6.07, 6.45) is 0. The van der Waals surface area contributed by atoms with Gasteiger partial charge in [0.15, 0.2) is 0 Å². The summed E-state index contributed by atoms with van der Waals surface area (Å²) >= 11 is 2.34. The van der Waals surface area contributed by atoms with Gasteiger partial charge >= 0.3 is 6.80 Å². The van der Waals surface area contributed by atoms with Gasteiger partial charge in [0.25, 0.3) is 0 Å². The minimum Gasteiger partial charge on any atom is -0.317 e. The molecule has 0 saturated carbocycles. The van der Waals surface area contributed by atoms with E-state index in [1.807, 2.05) is 30.3 Å². The molecular weight excluding hydrogens is 258 g/mol. The van der Waals surface area contributed by atoms with Crippen LogP contribution in [0, 0.1) is 0 Å². The Kier molecular flexibility index (Phi) is 5.53. The van der Waals surface area contributed by atoms with Crippen molar-refractivity contribution >= 4 is 37.3 Å². The average molecular weight is 268 g/mol. The molecule has 3 nitrogen and oxygen atoms in total. The van der Waals surface area contributed by atoms with Crippen molar-refractivity contribution in [3.05, 3.63) is 30.3 Å². The van der Waals surface area contributed by atoms with E-state index < -0.39 is 6.80 Å². The van der Waals surface area contributed by atoms with Gasteiger partial charge in [-0.1, -0.05) is 18.2 Å². The normalized spacial score (nSPS) is 12.4. The molecule has 0 amide bonds. The quantitative estimate of drug-likeness (QED) is 0.634. The second kappa shape index (κ2) is 6.16. The Balaban J connectivity index is 2.20. The van der Waals surface area contributed by atoms with E-state index in [9.17, 15) is 4.57 Å². The lowest BCUT2D eigenvalue weighted by Crippen LogP contribution is -1.69. The molecule has 0 aliphatic rings. The van der Waals surface area contributed by atoms with Gasteiger partial charge in [0.05, 0.1) is 0 Å². The van der Waals surface area contributed by atoms with Crippen LogP contribution >= 0.6 is 37.3 Å². The van der Waals surface area contributed by atoms with Gasteiger partial charge < -0.3 is 9.79 Å². The van der Waals surface area contributed by atoms with Crippen LogP contribution in [0.1, 0.15) is 0 Å². The Bertz CT molecular complexity index is 314. The van der Waals surface area contributed by atoms with Crippen LogP contribution in [-0.2, 0) is 4.57 Å². The van der Waals surface area contributed by atoms with E-state index in [0.29, 0.717) is 24.7 Å². The molecule has 1 rings (SSSR count). The SMILES string of the molecule is O=P(O)(O)SCPSc1ccccc1. The molecule has 0 aromatic heterocycles. The van der Waals surface area contributed by atoms with Crippen LogP contribution < -0.4 is 0 Å². The Morgan fingerprint density at radius 3 is 2.50 bits per heavy atom. The van der Waals surface area contributed by atoms with Gasteiger partial charge in [-0.15, -0.1) is 11.4 Å². The van der Waals surface area contributed by atoms with Crippen LogP contribution in [0.4, 0.5) is 0 Å². The Morgan fingerprint density at radius 1 is 1.29 bits per heavy atom. The maximum absolute atomic E-state index is 10.5. The van der Waals surface area contributed by atoms with Gasteiger partial charge in [-0.05, 0) is 31.3 Å². The van der Waals surface area contributed by atoms with Gasteiger partial charge in [-0.25, -0.2) is 4.57 Å². The monoisotopic (exact) mass is 268 g/mol. The minimum absolute atomic E-state index is 0.471. The predicted molar refractivity (Wildman–Crippen MR) is 65.1 cm³/mol. The highest BCUT2D eigenvalue weighted by Gasteiger charge is 2.12. The number of benzene rings is 1. The third-order valence-corrected chi connectivity index (χ3v) is 7.57. The molecule has 7 heteroatoms. The lowest BCUT2D eigenvalue weighted by Gasteiger charge is -2.02. The summed E-state index contributed by atoms with van der Waals surface area (Å²) < 4.78 is 10.5. The van der Waals surface area contributed by atoms with Crippen LogP contribution in [0.5, 0.6) is 0 Å². The predicted octanol–water partition coefficient (Wildman–Crippen LogP) is 3.16. The number of hydrogen-bond acceptors (Lipinski definition) is 3. The van der Waals surface area contributed by atoms with E-state index in [2.05, 4.69) is 0 Å². The second-order valence-corrected chi connectivity index (χ2v) is 9.36. The van der Waals surface area contributed by atoms with Crippen molar-refractivity contribution in [2.45, 2.75) is 4.90 Å². The molecule has 14 heavy (non-hydrogen) atoms. The zero-order chi connectivity index (χ0) is 10.4. The van der Waals surface area contributed by atoms with E-state index in [1.54, 1.807) is 11.4 Å². The van der Waals surface area contributed by atoms with Crippen LogP contribution in [-0.4, -0.2) is 15.3 Å². The topological polar surface area (TPSA) is 57.5 Å².